The molecular formula is C19H18I3NO5. The Kier molecular flexibility index (Phi) is 9.21. The Bertz CT molecular complexity index is 871. The number of anilines is 1. The third-order valence-corrected chi connectivity index (χ3v) is 6.33. The largest absolute Gasteiger partial charge is 0.489 e. The van der Waals surface area contributed by atoms with Crippen LogP contribution < -0.4 is 10.1 Å². The van der Waals surface area contributed by atoms with Crippen molar-refractivity contribution in [3.63, 3.8) is 0 Å². The van der Waals surface area contributed by atoms with Gasteiger partial charge in [0, 0.05) is 10.5 Å². The van der Waals surface area contributed by atoms with Crippen molar-refractivity contribution in [2.45, 2.75) is 20.0 Å². The second kappa shape index (κ2) is 10.9. The third kappa shape index (κ3) is 6.42. The van der Waals surface area contributed by atoms with Gasteiger partial charge in [-0.15, -0.1) is 0 Å². The van der Waals surface area contributed by atoms with Crippen LogP contribution in [-0.4, -0.2) is 30.2 Å². The topological polar surface area (TPSA) is 84.9 Å². The van der Waals surface area contributed by atoms with Crippen LogP contribution in [0.2, 0.25) is 0 Å². The first-order valence-electron chi connectivity index (χ1n) is 8.19. The average molecular weight is 721 g/mol. The van der Waals surface area contributed by atoms with Crippen LogP contribution in [0.3, 0.4) is 0 Å². The number of amides is 1. The van der Waals surface area contributed by atoms with Crippen LogP contribution in [-0.2, 0) is 14.3 Å². The van der Waals surface area contributed by atoms with Gasteiger partial charge < -0.3 is 19.9 Å². The fraction of sp³-hybridized carbons (Fsp3) is 0.263. The summed E-state index contributed by atoms with van der Waals surface area (Å²) in [4.78, 5) is 23.0. The number of halogens is 3. The first-order chi connectivity index (χ1) is 13.2. The number of aryl methyl sites for hydroxylation is 1. The normalized spacial score (nSPS) is 11.8. The molecule has 0 heterocycles. The van der Waals surface area contributed by atoms with Crippen LogP contribution in [0, 0.1) is 17.6 Å². The van der Waals surface area contributed by atoms with Gasteiger partial charge in [0.15, 0.2) is 6.10 Å². The fourth-order valence-corrected chi connectivity index (χ4v) is 6.31. The average Bonchev–Trinajstić information content (AvgIpc) is 2.61. The Morgan fingerprint density at radius 1 is 1.11 bits per heavy atom. The van der Waals surface area contributed by atoms with Crippen molar-refractivity contribution < 1.29 is 24.2 Å². The molecule has 0 aliphatic heterocycles. The van der Waals surface area contributed by atoms with Crippen molar-refractivity contribution in [1.82, 2.24) is 0 Å². The predicted octanol–water partition coefficient (Wildman–Crippen LogP) is 4.99. The lowest BCUT2D eigenvalue weighted by Gasteiger charge is -2.17. The molecule has 0 aliphatic carbocycles. The first kappa shape index (κ1) is 23.6. The molecule has 2 N–H and O–H groups in total. The number of nitrogens with one attached hydrogen (secondary N) is 1. The molecule has 2 aromatic rings. The Hall–Kier alpha value is -0.670. The highest BCUT2D eigenvalue weighted by Gasteiger charge is 2.21. The van der Waals surface area contributed by atoms with Crippen molar-refractivity contribution >= 4 is 85.3 Å². The number of benzene rings is 2. The Morgan fingerprint density at radius 2 is 1.75 bits per heavy atom. The molecule has 6 nitrogen and oxygen atoms in total. The molecule has 9 heteroatoms. The van der Waals surface area contributed by atoms with Gasteiger partial charge >= 0.3 is 5.97 Å². The number of rotatable bonds is 8. The SMILES string of the molecule is CC(=O)Nc1c(I)cc(I)c(OCCOC(C(=O)O)c2ccc(C)cc2)c1I. The molecule has 0 spiro atoms. The minimum absolute atomic E-state index is 0.110. The number of aliphatic carboxylic acids is 1. The zero-order valence-corrected chi connectivity index (χ0v) is 21.6. The number of ether oxygens (including phenoxy) is 2. The number of hydrogen-bond acceptors (Lipinski definition) is 4. The van der Waals surface area contributed by atoms with Crippen molar-refractivity contribution in [2.24, 2.45) is 0 Å². The highest BCUT2D eigenvalue weighted by molar-refractivity contribution is 14.1. The lowest BCUT2D eigenvalue weighted by molar-refractivity contribution is -0.151. The van der Waals surface area contributed by atoms with Gasteiger partial charge in [-0.1, -0.05) is 29.8 Å². The van der Waals surface area contributed by atoms with E-state index in [9.17, 15) is 14.7 Å². The van der Waals surface area contributed by atoms with Gasteiger partial charge in [-0.3, -0.25) is 4.79 Å². The fourth-order valence-electron chi connectivity index (χ4n) is 2.36. The van der Waals surface area contributed by atoms with E-state index in [1.165, 1.54) is 6.92 Å². The summed E-state index contributed by atoms with van der Waals surface area (Å²) >= 11 is 6.46. The van der Waals surface area contributed by atoms with Gasteiger partial charge in [0.2, 0.25) is 5.91 Å². The van der Waals surface area contributed by atoms with Crippen LogP contribution >= 0.6 is 67.8 Å². The molecule has 0 aromatic heterocycles. The molecule has 0 fully saturated rings. The van der Waals surface area contributed by atoms with E-state index in [0.717, 1.165) is 16.3 Å². The maximum Gasteiger partial charge on any atom is 0.337 e. The van der Waals surface area contributed by atoms with E-state index in [0.29, 0.717) is 17.0 Å². The second-order valence-electron chi connectivity index (χ2n) is 5.89. The number of carbonyl (C=O) groups excluding carboxylic acids is 1. The minimum atomic E-state index is -1.05. The summed E-state index contributed by atoms with van der Waals surface area (Å²) in [5, 5.41) is 12.3. The number of hydrogen-bond donors (Lipinski definition) is 2. The molecule has 2 aromatic carbocycles. The van der Waals surface area contributed by atoms with Crippen LogP contribution in [0.25, 0.3) is 0 Å². The van der Waals surface area contributed by atoms with E-state index >= 15 is 0 Å². The third-order valence-electron chi connectivity index (χ3n) is 3.65. The molecule has 150 valence electrons. The molecule has 0 bridgehead atoms. The highest BCUT2D eigenvalue weighted by atomic mass is 127. The summed E-state index contributed by atoms with van der Waals surface area (Å²) in [7, 11) is 0. The summed E-state index contributed by atoms with van der Waals surface area (Å²) in [6.07, 6.45) is -1.05. The Morgan fingerprint density at radius 3 is 2.32 bits per heavy atom. The summed E-state index contributed by atoms with van der Waals surface area (Å²) in [6, 6.07) is 9.12. The van der Waals surface area contributed by atoms with Gasteiger partial charge in [-0.25, -0.2) is 4.79 Å². The van der Waals surface area contributed by atoms with E-state index in [2.05, 4.69) is 73.1 Å². The Labute approximate surface area is 204 Å². The molecule has 0 saturated heterocycles. The van der Waals surface area contributed by atoms with Gasteiger partial charge in [0.05, 0.1) is 19.4 Å². The first-order valence-corrected chi connectivity index (χ1v) is 11.4. The maximum atomic E-state index is 11.5. The van der Waals surface area contributed by atoms with Crippen molar-refractivity contribution in [3.05, 3.63) is 52.2 Å². The van der Waals surface area contributed by atoms with Gasteiger partial charge in [0.1, 0.15) is 12.4 Å². The van der Waals surface area contributed by atoms with E-state index < -0.39 is 12.1 Å². The summed E-state index contributed by atoms with van der Waals surface area (Å²) in [5.74, 6) is -0.569. The number of carboxylic acids is 1. The van der Waals surface area contributed by atoms with Crippen molar-refractivity contribution in [3.8, 4) is 5.75 Å². The molecule has 0 radical (unpaired) electrons. The summed E-state index contributed by atoms with van der Waals surface area (Å²) in [5.41, 5.74) is 2.34. The highest BCUT2D eigenvalue weighted by Crippen LogP contribution is 2.37. The van der Waals surface area contributed by atoms with Gasteiger partial charge in [0.25, 0.3) is 0 Å². The lowest BCUT2D eigenvalue weighted by Crippen LogP contribution is -2.19. The molecule has 1 amide bonds. The smallest absolute Gasteiger partial charge is 0.337 e. The predicted molar refractivity (Wildman–Crippen MR) is 132 cm³/mol. The summed E-state index contributed by atoms with van der Waals surface area (Å²) < 4.78 is 14.0. The van der Waals surface area contributed by atoms with E-state index in [1.54, 1.807) is 12.1 Å². The van der Waals surface area contributed by atoms with Crippen LogP contribution in [0.1, 0.15) is 24.2 Å². The zero-order chi connectivity index (χ0) is 20.8. The van der Waals surface area contributed by atoms with Crippen molar-refractivity contribution in [1.29, 1.82) is 0 Å². The molecule has 1 atom stereocenters. The standard InChI is InChI=1S/C19H18I3NO5/c1-10-3-5-12(6-4-10)17(19(25)26)27-7-8-28-18-14(21)9-13(20)16(15(18)22)23-11(2)24/h3-6,9,17H,7-8H2,1-2H3,(H,23,24)(H,25,26). The van der Waals surface area contributed by atoms with Gasteiger partial charge in [-0.05, 0) is 86.3 Å². The van der Waals surface area contributed by atoms with E-state index in [4.69, 9.17) is 9.47 Å². The van der Waals surface area contributed by atoms with Crippen molar-refractivity contribution in [2.75, 3.05) is 18.5 Å². The van der Waals surface area contributed by atoms with Gasteiger partial charge in [-0.2, -0.15) is 0 Å². The van der Waals surface area contributed by atoms with Crippen LogP contribution in [0.15, 0.2) is 30.3 Å². The second-order valence-corrected chi connectivity index (χ2v) is 9.29. The van der Waals surface area contributed by atoms with E-state index in [1.807, 2.05) is 25.1 Å². The quantitative estimate of drug-likeness (QED) is 0.297. The molecule has 28 heavy (non-hydrogen) atoms. The molecule has 0 saturated carbocycles. The lowest BCUT2D eigenvalue weighted by atomic mass is 10.1. The maximum absolute atomic E-state index is 11.5. The molecular weight excluding hydrogens is 703 g/mol. The van der Waals surface area contributed by atoms with E-state index in [-0.39, 0.29) is 19.1 Å². The molecule has 1 unspecified atom stereocenters. The number of carboxylic acid groups (broad SMARTS) is 1. The number of carbonyl (C=O) groups is 2. The molecule has 0 aliphatic rings. The Balaban J connectivity index is 2.05. The molecule has 2 rings (SSSR count). The minimum Gasteiger partial charge on any atom is -0.489 e. The van der Waals surface area contributed by atoms with Crippen LogP contribution in [0.5, 0.6) is 5.75 Å². The monoisotopic (exact) mass is 721 g/mol. The summed E-state index contributed by atoms with van der Waals surface area (Å²) in [6.45, 7) is 3.68. The van der Waals surface area contributed by atoms with Crippen LogP contribution in [0.4, 0.5) is 5.69 Å². The zero-order valence-electron chi connectivity index (χ0n) is 15.1.